The number of likely N-dealkylation sites (tertiary alicyclic amines) is 1. The van der Waals surface area contributed by atoms with Crippen molar-refractivity contribution in [2.45, 2.75) is 38.6 Å². The van der Waals surface area contributed by atoms with Crippen molar-refractivity contribution in [2.75, 3.05) is 27.3 Å². The van der Waals surface area contributed by atoms with E-state index in [1.165, 1.54) is 24.0 Å². The SMILES string of the molecule is COCc1cc(CNC2CCCN(Cc3ccc(Cl)cc3)C2)ccc1OC. The number of nitrogens with one attached hydrogen (secondary N) is 1. The Morgan fingerprint density at radius 3 is 2.63 bits per heavy atom. The minimum atomic E-state index is 0.513. The van der Waals surface area contributed by atoms with Crippen LogP contribution in [0, 0.1) is 0 Å². The molecule has 1 heterocycles. The fraction of sp³-hybridized carbons (Fsp3) is 0.455. The van der Waals surface area contributed by atoms with Gasteiger partial charge >= 0.3 is 0 Å². The van der Waals surface area contributed by atoms with E-state index in [0.717, 1.165) is 42.5 Å². The molecule has 146 valence electrons. The molecule has 0 spiro atoms. The summed E-state index contributed by atoms with van der Waals surface area (Å²) in [7, 11) is 3.41. The number of nitrogens with zero attached hydrogens (tertiary/aromatic N) is 1. The number of hydrogen-bond donors (Lipinski definition) is 1. The summed E-state index contributed by atoms with van der Waals surface area (Å²) < 4.78 is 10.7. The van der Waals surface area contributed by atoms with Gasteiger partial charge in [0, 0.05) is 43.4 Å². The molecular formula is C22H29ClN2O2. The van der Waals surface area contributed by atoms with Crippen LogP contribution < -0.4 is 10.1 Å². The molecule has 0 aromatic heterocycles. The summed E-state index contributed by atoms with van der Waals surface area (Å²) in [5, 5.41) is 4.52. The van der Waals surface area contributed by atoms with E-state index < -0.39 is 0 Å². The van der Waals surface area contributed by atoms with Crippen LogP contribution in [0.3, 0.4) is 0 Å². The maximum atomic E-state index is 5.99. The van der Waals surface area contributed by atoms with Gasteiger partial charge in [-0.05, 0) is 54.8 Å². The smallest absolute Gasteiger partial charge is 0.124 e. The standard InChI is InChI=1S/C22H29ClN2O2/c1-26-16-19-12-18(7-10-22(19)27-2)13-24-21-4-3-11-25(15-21)14-17-5-8-20(23)9-6-17/h5-10,12,21,24H,3-4,11,13-16H2,1-2H3. The lowest BCUT2D eigenvalue weighted by atomic mass is 10.0. The van der Waals surface area contributed by atoms with Crippen molar-refractivity contribution in [1.29, 1.82) is 0 Å². The Morgan fingerprint density at radius 1 is 1.11 bits per heavy atom. The summed E-state index contributed by atoms with van der Waals surface area (Å²) >= 11 is 5.99. The number of piperidine rings is 1. The highest BCUT2D eigenvalue weighted by Crippen LogP contribution is 2.21. The van der Waals surface area contributed by atoms with E-state index in [9.17, 15) is 0 Å². The molecule has 0 radical (unpaired) electrons. The highest BCUT2D eigenvalue weighted by Gasteiger charge is 2.19. The molecule has 2 aromatic rings. The maximum Gasteiger partial charge on any atom is 0.124 e. The quantitative estimate of drug-likeness (QED) is 0.733. The zero-order chi connectivity index (χ0) is 19.1. The Labute approximate surface area is 167 Å². The zero-order valence-corrected chi connectivity index (χ0v) is 17.0. The van der Waals surface area contributed by atoms with Gasteiger partial charge in [-0.3, -0.25) is 4.90 Å². The molecule has 1 N–H and O–H groups in total. The molecule has 0 saturated carbocycles. The van der Waals surface area contributed by atoms with Gasteiger partial charge < -0.3 is 14.8 Å². The van der Waals surface area contributed by atoms with Crippen LogP contribution in [0.5, 0.6) is 5.75 Å². The zero-order valence-electron chi connectivity index (χ0n) is 16.2. The highest BCUT2D eigenvalue weighted by atomic mass is 35.5. The van der Waals surface area contributed by atoms with Crippen molar-refractivity contribution in [3.8, 4) is 5.75 Å². The highest BCUT2D eigenvalue weighted by molar-refractivity contribution is 6.30. The summed E-state index contributed by atoms with van der Waals surface area (Å²) in [6, 6.07) is 15.0. The van der Waals surface area contributed by atoms with Gasteiger partial charge in [0.05, 0.1) is 13.7 Å². The fourth-order valence-corrected chi connectivity index (χ4v) is 3.81. The monoisotopic (exact) mass is 388 g/mol. The summed E-state index contributed by atoms with van der Waals surface area (Å²) in [4.78, 5) is 2.52. The van der Waals surface area contributed by atoms with E-state index in [-0.39, 0.29) is 0 Å². The van der Waals surface area contributed by atoms with E-state index in [0.29, 0.717) is 12.6 Å². The van der Waals surface area contributed by atoms with Crippen molar-refractivity contribution < 1.29 is 9.47 Å². The van der Waals surface area contributed by atoms with Crippen molar-refractivity contribution in [3.63, 3.8) is 0 Å². The van der Waals surface area contributed by atoms with Crippen molar-refractivity contribution >= 4 is 11.6 Å². The van der Waals surface area contributed by atoms with Crippen LogP contribution in [-0.2, 0) is 24.4 Å². The van der Waals surface area contributed by atoms with Gasteiger partial charge in [-0.1, -0.05) is 29.8 Å². The van der Waals surface area contributed by atoms with Crippen LogP contribution in [0.25, 0.3) is 0 Å². The lowest BCUT2D eigenvalue weighted by molar-refractivity contribution is 0.180. The first-order chi connectivity index (χ1) is 13.2. The second-order valence-corrected chi connectivity index (χ2v) is 7.60. The number of ether oxygens (including phenoxy) is 2. The third-order valence-electron chi connectivity index (χ3n) is 5.06. The van der Waals surface area contributed by atoms with Crippen LogP contribution >= 0.6 is 11.6 Å². The molecule has 5 heteroatoms. The van der Waals surface area contributed by atoms with Crippen LogP contribution in [0.15, 0.2) is 42.5 Å². The van der Waals surface area contributed by atoms with E-state index in [2.05, 4.69) is 34.5 Å². The normalized spacial score (nSPS) is 17.8. The molecule has 3 rings (SSSR count). The van der Waals surface area contributed by atoms with Gasteiger partial charge in [-0.25, -0.2) is 0 Å². The second kappa shape index (κ2) is 10.1. The largest absolute Gasteiger partial charge is 0.496 e. The third kappa shape index (κ3) is 5.94. The Kier molecular flexibility index (Phi) is 7.53. The van der Waals surface area contributed by atoms with Crippen LogP contribution in [0.4, 0.5) is 0 Å². The molecule has 4 nitrogen and oxygen atoms in total. The van der Waals surface area contributed by atoms with Crippen molar-refractivity contribution in [2.24, 2.45) is 0 Å². The van der Waals surface area contributed by atoms with Gasteiger partial charge in [-0.2, -0.15) is 0 Å². The summed E-state index contributed by atoms with van der Waals surface area (Å²) in [5.74, 6) is 0.882. The minimum Gasteiger partial charge on any atom is -0.496 e. The number of methoxy groups -OCH3 is 2. The average Bonchev–Trinajstić information content (AvgIpc) is 2.69. The Morgan fingerprint density at radius 2 is 1.89 bits per heavy atom. The Balaban J connectivity index is 1.53. The van der Waals surface area contributed by atoms with E-state index >= 15 is 0 Å². The predicted octanol–water partition coefficient (Wildman–Crippen LogP) is 4.25. The van der Waals surface area contributed by atoms with Gasteiger partial charge in [0.2, 0.25) is 0 Å². The van der Waals surface area contributed by atoms with Crippen LogP contribution in [0.2, 0.25) is 5.02 Å². The first-order valence-corrected chi connectivity index (χ1v) is 9.90. The second-order valence-electron chi connectivity index (χ2n) is 7.16. The molecule has 27 heavy (non-hydrogen) atoms. The van der Waals surface area contributed by atoms with E-state index in [1.807, 2.05) is 18.2 Å². The first-order valence-electron chi connectivity index (χ1n) is 9.53. The van der Waals surface area contributed by atoms with Gasteiger partial charge in [-0.15, -0.1) is 0 Å². The van der Waals surface area contributed by atoms with Crippen molar-refractivity contribution in [1.82, 2.24) is 10.2 Å². The Hall–Kier alpha value is -1.59. The summed E-state index contributed by atoms with van der Waals surface area (Å²) in [5.41, 5.74) is 3.67. The average molecular weight is 389 g/mol. The molecule has 2 aromatic carbocycles. The molecule has 0 aliphatic carbocycles. The van der Waals surface area contributed by atoms with Crippen LogP contribution in [-0.4, -0.2) is 38.3 Å². The van der Waals surface area contributed by atoms with Gasteiger partial charge in [0.1, 0.15) is 5.75 Å². The topological polar surface area (TPSA) is 33.7 Å². The molecule has 0 bridgehead atoms. The lowest BCUT2D eigenvalue weighted by Crippen LogP contribution is -2.45. The molecule has 1 saturated heterocycles. The Bertz CT molecular complexity index is 721. The van der Waals surface area contributed by atoms with Gasteiger partial charge in [0.15, 0.2) is 0 Å². The van der Waals surface area contributed by atoms with Crippen molar-refractivity contribution in [3.05, 3.63) is 64.2 Å². The maximum absolute atomic E-state index is 5.99. The van der Waals surface area contributed by atoms with Gasteiger partial charge in [0.25, 0.3) is 0 Å². The number of halogens is 1. The molecule has 1 atom stereocenters. The fourth-order valence-electron chi connectivity index (χ4n) is 3.69. The predicted molar refractivity (Wildman–Crippen MR) is 110 cm³/mol. The number of benzene rings is 2. The summed E-state index contributed by atoms with van der Waals surface area (Å²) in [6.45, 7) is 4.64. The molecule has 1 aliphatic heterocycles. The molecule has 1 unspecified atom stereocenters. The number of hydrogen-bond acceptors (Lipinski definition) is 4. The minimum absolute atomic E-state index is 0.513. The molecule has 0 amide bonds. The van der Waals surface area contributed by atoms with Crippen LogP contribution in [0.1, 0.15) is 29.5 Å². The molecule has 1 fully saturated rings. The summed E-state index contributed by atoms with van der Waals surface area (Å²) in [6.07, 6.45) is 2.45. The molecule has 1 aliphatic rings. The lowest BCUT2D eigenvalue weighted by Gasteiger charge is -2.33. The van der Waals surface area contributed by atoms with E-state index in [1.54, 1.807) is 14.2 Å². The first kappa shape index (κ1) is 20.2. The number of rotatable bonds is 8. The van der Waals surface area contributed by atoms with E-state index in [4.69, 9.17) is 21.1 Å². The molecular weight excluding hydrogens is 360 g/mol. The third-order valence-corrected chi connectivity index (χ3v) is 5.32.